The largest absolute Gasteiger partial charge is 0.355 e. The molecule has 0 atom stereocenters. The second kappa shape index (κ2) is 8.34. The maximum atomic E-state index is 11.9. The number of hydrogen-bond acceptors (Lipinski definition) is 4. The summed E-state index contributed by atoms with van der Waals surface area (Å²) in [4.78, 5) is 17.7. The van der Waals surface area contributed by atoms with E-state index in [2.05, 4.69) is 41.7 Å². The Morgan fingerprint density at radius 2 is 2.05 bits per heavy atom. The second-order valence-electron chi connectivity index (χ2n) is 5.46. The number of rotatable bonds is 7. The Labute approximate surface area is 140 Å². The van der Waals surface area contributed by atoms with Gasteiger partial charge in [0.2, 0.25) is 5.91 Å². The van der Waals surface area contributed by atoms with Crippen molar-refractivity contribution >= 4 is 29.0 Å². The Kier molecular flexibility index (Phi) is 6.46. The molecule has 1 amide bonds. The molecule has 1 aromatic carbocycles. The molecule has 1 N–H and O–H groups in total. The summed E-state index contributed by atoms with van der Waals surface area (Å²) in [6.45, 7) is 4.93. The fourth-order valence-electron chi connectivity index (χ4n) is 2.02. The average molecular weight is 335 g/mol. The van der Waals surface area contributed by atoms with Crippen molar-refractivity contribution in [2.45, 2.75) is 37.5 Å². The topological polar surface area (TPSA) is 42.0 Å². The number of carbonyl (C=O) groups is 1. The fraction of sp³-hybridized carbons (Fsp3) is 0.412. The number of aromatic nitrogens is 1. The molecule has 0 fully saturated rings. The first-order valence-electron chi connectivity index (χ1n) is 7.42. The van der Waals surface area contributed by atoms with Crippen molar-refractivity contribution in [3.8, 4) is 0 Å². The van der Waals surface area contributed by atoms with Gasteiger partial charge in [-0.2, -0.15) is 0 Å². The van der Waals surface area contributed by atoms with E-state index in [1.54, 1.807) is 23.1 Å². The monoisotopic (exact) mass is 334 g/mol. The van der Waals surface area contributed by atoms with Gasteiger partial charge in [0.1, 0.15) is 0 Å². The molecular formula is C17H22N2OS2. The van der Waals surface area contributed by atoms with E-state index in [1.165, 1.54) is 4.90 Å². The number of nitrogens with zero attached hydrogens (tertiary/aromatic N) is 1. The molecule has 0 spiro atoms. The van der Waals surface area contributed by atoms with Crippen LogP contribution in [0.25, 0.3) is 0 Å². The van der Waals surface area contributed by atoms with E-state index in [-0.39, 0.29) is 5.91 Å². The molecule has 0 saturated heterocycles. The van der Waals surface area contributed by atoms with Gasteiger partial charge in [-0.25, -0.2) is 4.98 Å². The molecule has 0 aliphatic rings. The van der Waals surface area contributed by atoms with Crippen LogP contribution in [-0.4, -0.2) is 23.7 Å². The van der Waals surface area contributed by atoms with E-state index >= 15 is 0 Å². The van der Waals surface area contributed by atoms with Crippen molar-refractivity contribution in [3.63, 3.8) is 0 Å². The molecule has 0 bridgehead atoms. The zero-order chi connectivity index (χ0) is 15.9. The summed E-state index contributed by atoms with van der Waals surface area (Å²) in [7, 11) is 0. The number of nitrogens with one attached hydrogen (secondary N) is 1. The minimum Gasteiger partial charge on any atom is -0.355 e. The van der Waals surface area contributed by atoms with Gasteiger partial charge in [0.25, 0.3) is 0 Å². The van der Waals surface area contributed by atoms with Gasteiger partial charge in [-0.15, -0.1) is 23.1 Å². The zero-order valence-corrected chi connectivity index (χ0v) is 14.9. The average Bonchev–Trinajstić information content (AvgIpc) is 2.97. The Morgan fingerprint density at radius 1 is 1.32 bits per heavy atom. The Bertz CT molecular complexity index is 605. The molecule has 22 heavy (non-hydrogen) atoms. The van der Waals surface area contributed by atoms with Crippen LogP contribution in [-0.2, 0) is 17.6 Å². The highest BCUT2D eigenvalue weighted by Gasteiger charge is 2.07. The van der Waals surface area contributed by atoms with Crippen molar-refractivity contribution in [3.05, 3.63) is 45.9 Å². The quantitative estimate of drug-likeness (QED) is 0.781. The third kappa shape index (κ3) is 5.14. The summed E-state index contributed by atoms with van der Waals surface area (Å²) in [5.74, 6) is 0.536. The summed E-state index contributed by atoms with van der Waals surface area (Å²) in [6, 6.07) is 8.13. The highest BCUT2D eigenvalue weighted by atomic mass is 32.2. The van der Waals surface area contributed by atoms with Gasteiger partial charge >= 0.3 is 0 Å². The van der Waals surface area contributed by atoms with E-state index in [1.807, 2.05) is 18.4 Å². The van der Waals surface area contributed by atoms with Crippen molar-refractivity contribution in [2.24, 2.45) is 0 Å². The van der Waals surface area contributed by atoms with Crippen LogP contribution in [0.2, 0.25) is 0 Å². The summed E-state index contributed by atoms with van der Waals surface area (Å²) >= 11 is 3.40. The van der Waals surface area contributed by atoms with Gasteiger partial charge in [0, 0.05) is 29.2 Å². The van der Waals surface area contributed by atoms with Crippen molar-refractivity contribution < 1.29 is 4.79 Å². The predicted octanol–water partition coefficient (Wildman–Crippen LogP) is 3.89. The number of hydrogen-bond donors (Lipinski definition) is 1. The van der Waals surface area contributed by atoms with E-state index in [0.29, 0.717) is 18.9 Å². The highest BCUT2D eigenvalue weighted by Crippen LogP contribution is 2.19. The molecule has 5 heteroatoms. The molecule has 0 aliphatic heterocycles. The lowest BCUT2D eigenvalue weighted by Crippen LogP contribution is -2.27. The SMILES string of the molecule is CSc1ccc(CC(=O)NCCc2csc(C(C)C)n2)cc1. The number of benzene rings is 1. The Balaban J connectivity index is 1.74. The predicted molar refractivity (Wildman–Crippen MR) is 94.8 cm³/mol. The molecule has 1 aromatic heterocycles. The van der Waals surface area contributed by atoms with Crippen LogP contribution in [0.4, 0.5) is 0 Å². The Hall–Kier alpha value is -1.33. The number of thiazole rings is 1. The molecular weight excluding hydrogens is 312 g/mol. The minimum absolute atomic E-state index is 0.0659. The first kappa shape index (κ1) is 17.0. The molecule has 3 nitrogen and oxygen atoms in total. The highest BCUT2D eigenvalue weighted by molar-refractivity contribution is 7.98. The van der Waals surface area contributed by atoms with Gasteiger partial charge in [-0.05, 0) is 24.0 Å². The summed E-state index contributed by atoms with van der Waals surface area (Å²) in [5.41, 5.74) is 2.12. The van der Waals surface area contributed by atoms with Crippen molar-refractivity contribution in [1.29, 1.82) is 0 Å². The maximum absolute atomic E-state index is 11.9. The second-order valence-corrected chi connectivity index (χ2v) is 7.23. The molecule has 0 saturated carbocycles. The van der Waals surface area contributed by atoms with Crippen LogP contribution in [0.15, 0.2) is 34.5 Å². The lowest BCUT2D eigenvalue weighted by atomic mass is 10.1. The molecule has 0 radical (unpaired) electrons. The third-order valence-corrected chi connectivity index (χ3v) is 5.23. The van der Waals surface area contributed by atoms with E-state index in [9.17, 15) is 4.79 Å². The minimum atomic E-state index is 0.0659. The van der Waals surface area contributed by atoms with E-state index in [4.69, 9.17) is 0 Å². The molecule has 2 aromatic rings. The van der Waals surface area contributed by atoms with Gasteiger partial charge < -0.3 is 5.32 Å². The van der Waals surface area contributed by atoms with Crippen LogP contribution in [0.1, 0.15) is 36.0 Å². The van der Waals surface area contributed by atoms with E-state index in [0.717, 1.165) is 22.7 Å². The molecule has 2 rings (SSSR count). The summed E-state index contributed by atoms with van der Waals surface area (Å²) in [6.07, 6.45) is 3.27. The van der Waals surface area contributed by atoms with Crippen LogP contribution in [0.3, 0.4) is 0 Å². The lowest BCUT2D eigenvalue weighted by Gasteiger charge is -2.05. The van der Waals surface area contributed by atoms with Crippen LogP contribution >= 0.6 is 23.1 Å². The van der Waals surface area contributed by atoms with Gasteiger partial charge in [-0.3, -0.25) is 4.79 Å². The van der Waals surface area contributed by atoms with Gasteiger partial charge in [0.05, 0.1) is 17.1 Å². The van der Waals surface area contributed by atoms with Gasteiger partial charge in [-0.1, -0.05) is 26.0 Å². The molecule has 1 heterocycles. The summed E-state index contributed by atoms with van der Waals surface area (Å²) < 4.78 is 0. The first-order chi connectivity index (χ1) is 10.6. The number of amides is 1. The normalized spacial score (nSPS) is 10.9. The fourth-order valence-corrected chi connectivity index (χ4v) is 3.30. The lowest BCUT2D eigenvalue weighted by molar-refractivity contribution is -0.120. The summed E-state index contributed by atoms with van der Waals surface area (Å²) in [5, 5.41) is 6.22. The van der Waals surface area contributed by atoms with Crippen LogP contribution in [0.5, 0.6) is 0 Å². The third-order valence-electron chi connectivity index (χ3n) is 3.29. The first-order valence-corrected chi connectivity index (χ1v) is 9.53. The van der Waals surface area contributed by atoms with Crippen LogP contribution < -0.4 is 5.32 Å². The maximum Gasteiger partial charge on any atom is 0.224 e. The Morgan fingerprint density at radius 3 is 2.64 bits per heavy atom. The molecule has 0 aliphatic carbocycles. The van der Waals surface area contributed by atoms with E-state index < -0.39 is 0 Å². The number of thioether (sulfide) groups is 1. The van der Waals surface area contributed by atoms with Crippen molar-refractivity contribution in [1.82, 2.24) is 10.3 Å². The standard InChI is InChI=1S/C17H22N2OS2/c1-12(2)17-19-14(11-22-17)8-9-18-16(20)10-13-4-6-15(21-3)7-5-13/h4-7,11-12H,8-10H2,1-3H3,(H,18,20). The van der Waals surface area contributed by atoms with Crippen LogP contribution in [0, 0.1) is 0 Å². The smallest absolute Gasteiger partial charge is 0.224 e. The number of carbonyl (C=O) groups excluding carboxylic acids is 1. The molecule has 0 unspecified atom stereocenters. The molecule has 118 valence electrons. The zero-order valence-electron chi connectivity index (χ0n) is 13.3. The van der Waals surface area contributed by atoms with Gasteiger partial charge in [0.15, 0.2) is 0 Å². The van der Waals surface area contributed by atoms with Crippen molar-refractivity contribution in [2.75, 3.05) is 12.8 Å².